The monoisotopic (exact) mass is 710 g/mol. The number of fused-ring (bicyclic) bond motifs is 10. The molecule has 0 radical (unpaired) electrons. The highest BCUT2D eigenvalue weighted by atomic mass is 16.3. The lowest BCUT2D eigenvalue weighted by Gasteiger charge is -2.41. The fourth-order valence-corrected chi connectivity index (χ4v) is 9.53. The van der Waals surface area contributed by atoms with Crippen molar-refractivity contribution < 1.29 is 4.42 Å². The molecule has 0 amide bonds. The SMILES string of the molecule is Cc1cc2c3c(c1)N(c1cccc4c1oc1ccccc14)c1cc(-c4ccccc4)ccc1B3n1c3ccc(C(C)(C)C)cc3c3cc(C(C)(C)C)cc-2c31. The van der Waals surface area contributed by atoms with Crippen LogP contribution in [-0.4, -0.2) is 11.3 Å². The minimum absolute atomic E-state index is 0.0229. The molecular weight excluding hydrogens is 667 g/mol. The van der Waals surface area contributed by atoms with Crippen molar-refractivity contribution in [1.82, 2.24) is 4.48 Å². The van der Waals surface area contributed by atoms with Crippen LogP contribution in [0.4, 0.5) is 17.1 Å². The maximum absolute atomic E-state index is 6.80. The average molecular weight is 711 g/mol. The molecule has 0 spiro atoms. The minimum atomic E-state index is -0.0231. The van der Waals surface area contributed by atoms with Gasteiger partial charge in [0.15, 0.2) is 5.58 Å². The zero-order valence-electron chi connectivity index (χ0n) is 32.6. The lowest BCUT2D eigenvalue weighted by Crippen LogP contribution is -2.56. The van der Waals surface area contributed by atoms with E-state index in [2.05, 4.69) is 191 Å². The fourth-order valence-electron chi connectivity index (χ4n) is 9.53. The van der Waals surface area contributed by atoms with Gasteiger partial charge in [0.1, 0.15) is 5.58 Å². The van der Waals surface area contributed by atoms with Crippen LogP contribution in [0.1, 0.15) is 58.2 Å². The number of furan rings is 1. The summed E-state index contributed by atoms with van der Waals surface area (Å²) in [5.74, 6) is 0. The van der Waals surface area contributed by atoms with Gasteiger partial charge < -0.3 is 13.8 Å². The van der Waals surface area contributed by atoms with E-state index in [4.69, 9.17) is 4.42 Å². The Labute approximate surface area is 322 Å². The number of nitrogens with zero attached hydrogens (tertiary/aromatic N) is 2. The highest BCUT2D eigenvalue weighted by Crippen LogP contribution is 2.49. The smallest absolute Gasteiger partial charge is 0.333 e. The zero-order chi connectivity index (χ0) is 37.5. The minimum Gasteiger partial charge on any atom is -0.454 e. The summed E-state index contributed by atoms with van der Waals surface area (Å²) in [6.45, 7) is 16.2. The van der Waals surface area contributed by atoms with Gasteiger partial charge in [-0.2, -0.15) is 0 Å². The van der Waals surface area contributed by atoms with Crippen LogP contribution >= 0.6 is 0 Å². The third kappa shape index (κ3) is 4.58. The van der Waals surface area contributed by atoms with Gasteiger partial charge in [-0.3, -0.25) is 0 Å². The van der Waals surface area contributed by atoms with E-state index in [-0.39, 0.29) is 17.7 Å². The Bertz CT molecular complexity index is 3080. The number of anilines is 3. The van der Waals surface area contributed by atoms with Crippen molar-refractivity contribution in [3.63, 3.8) is 0 Å². The van der Waals surface area contributed by atoms with Crippen LogP contribution in [0.15, 0.2) is 138 Å². The lowest BCUT2D eigenvalue weighted by atomic mass is 9.45. The predicted molar refractivity (Wildman–Crippen MR) is 235 cm³/mol. The van der Waals surface area contributed by atoms with Crippen LogP contribution in [0.2, 0.25) is 0 Å². The van der Waals surface area contributed by atoms with Gasteiger partial charge in [0, 0.05) is 49.5 Å². The largest absolute Gasteiger partial charge is 0.454 e. The second-order valence-electron chi connectivity index (χ2n) is 17.9. The normalized spacial score (nSPS) is 13.7. The number of aromatic nitrogens is 1. The molecule has 266 valence electrons. The van der Waals surface area contributed by atoms with Crippen molar-refractivity contribution in [2.45, 2.75) is 59.3 Å². The predicted octanol–water partition coefficient (Wildman–Crippen LogP) is 12.7. The third-order valence-corrected chi connectivity index (χ3v) is 12.3. The van der Waals surface area contributed by atoms with E-state index in [1.165, 1.54) is 83.1 Å². The summed E-state index contributed by atoms with van der Waals surface area (Å²) in [6.07, 6.45) is 0. The highest BCUT2D eigenvalue weighted by Gasteiger charge is 2.44. The van der Waals surface area contributed by atoms with E-state index in [9.17, 15) is 0 Å². The standard InChI is InChI=1S/C51H43BN2O/c1-30-24-38-40-29-34(51(5,6)7)28-39-37-27-33(50(2,3)4)21-23-42(37)54(48(39)40)52-41-22-20-32(31-14-9-8-10-15-31)26-44(41)53(45(25-30)47(38)52)43-18-13-17-36-35-16-11-12-19-46(35)55-49(36)43/h8-29H,1-7H3. The highest BCUT2D eigenvalue weighted by molar-refractivity contribution is 6.90. The molecule has 0 N–H and O–H groups in total. The molecule has 0 saturated heterocycles. The Morgan fingerprint density at radius 3 is 2.07 bits per heavy atom. The molecule has 9 aromatic rings. The number of hydrogen-bond donors (Lipinski definition) is 0. The first kappa shape index (κ1) is 32.4. The quantitative estimate of drug-likeness (QED) is 0.167. The van der Waals surface area contributed by atoms with Gasteiger partial charge in [-0.05, 0) is 111 Å². The van der Waals surface area contributed by atoms with Crippen molar-refractivity contribution in [1.29, 1.82) is 0 Å². The van der Waals surface area contributed by atoms with Crippen molar-refractivity contribution in [3.8, 4) is 22.3 Å². The van der Waals surface area contributed by atoms with Crippen LogP contribution in [0, 0.1) is 6.92 Å². The van der Waals surface area contributed by atoms with E-state index < -0.39 is 0 Å². The van der Waals surface area contributed by atoms with Crippen LogP contribution in [0.25, 0.3) is 66.0 Å². The molecule has 0 bridgehead atoms. The molecule has 55 heavy (non-hydrogen) atoms. The molecule has 4 heteroatoms. The van der Waals surface area contributed by atoms with E-state index in [0.29, 0.717) is 0 Å². The maximum atomic E-state index is 6.80. The molecule has 0 atom stereocenters. The number of aryl methyl sites for hydroxylation is 1. The molecule has 11 rings (SSSR count). The molecule has 2 aliphatic heterocycles. The Hall–Kier alpha value is -6.00. The first-order valence-corrected chi connectivity index (χ1v) is 19.6. The van der Waals surface area contributed by atoms with E-state index in [0.717, 1.165) is 27.6 Å². The molecule has 4 heterocycles. The van der Waals surface area contributed by atoms with Gasteiger partial charge in [-0.15, -0.1) is 0 Å². The summed E-state index contributed by atoms with van der Waals surface area (Å²) in [4.78, 5) is 2.51. The summed E-state index contributed by atoms with van der Waals surface area (Å²) in [5.41, 5.74) is 19.5. The molecule has 2 aromatic heterocycles. The Kier molecular flexibility index (Phi) is 6.51. The Morgan fingerprint density at radius 2 is 1.27 bits per heavy atom. The van der Waals surface area contributed by atoms with E-state index >= 15 is 0 Å². The van der Waals surface area contributed by atoms with Gasteiger partial charge in [0.2, 0.25) is 0 Å². The van der Waals surface area contributed by atoms with Gasteiger partial charge in [0.05, 0.1) is 5.69 Å². The van der Waals surface area contributed by atoms with Crippen molar-refractivity contribution >= 4 is 78.6 Å². The van der Waals surface area contributed by atoms with Gasteiger partial charge in [-0.25, -0.2) is 0 Å². The summed E-state index contributed by atoms with van der Waals surface area (Å²) in [6, 6.07) is 50.0. The molecule has 0 unspecified atom stereocenters. The topological polar surface area (TPSA) is 21.3 Å². The van der Waals surface area contributed by atoms with Crippen LogP contribution < -0.4 is 15.8 Å². The molecular formula is C51H43BN2O. The molecule has 0 saturated carbocycles. The third-order valence-electron chi connectivity index (χ3n) is 12.3. The van der Waals surface area contributed by atoms with Gasteiger partial charge in [0.25, 0.3) is 0 Å². The van der Waals surface area contributed by atoms with Gasteiger partial charge >= 0.3 is 6.85 Å². The van der Waals surface area contributed by atoms with Crippen molar-refractivity contribution in [2.24, 2.45) is 0 Å². The number of hydrogen-bond acceptors (Lipinski definition) is 2. The van der Waals surface area contributed by atoms with Crippen molar-refractivity contribution in [2.75, 3.05) is 4.90 Å². The second-order valence-corrected chi connectivity index (χ2v) is 17.9. The summed E-state index contributed by atoms with van der Waals surface area (Å²) >= 11 is 0. The number of para-hydroxylation sites is 2. The van der Waals surface area contributed by atoms with E-state index in [1.807, 2.05) is 0 Å². The second kappa shape index (κ2) is 11.0. The molecule has 3 nitrogen and oxygen atoms in total. The maximum Gasteiger partial charge on any atom is 0.333 e. The number of benzene rings is 7. The molecule has 0 fully saturated rings. The Morgan fingerprint density at radius 1 is 0.527 bits per heavy atom. The Balaban J connectivity index is 1.30. The first-order valence-electron chi connectivity index (χ1n) is 19.6. The fraction of sp³-hybridized carbons (Fsp3) is 0.176. The number of rotatable bonds is 2. The average Bonchev–Trinajstić information content (AvgIpc) is 3.72. The van der Waals surface area contributed by atoms with Crippen molar-refractivity contribution in [3.05, 3.63) is 150 Å². The van der Waals surface area contributed by atoms with E-state index in [1.54, 1.807) is 0 Å². The lowest BCUT2D eigenvalue weighted by molar-refractivity contribution is 0.590. The summed E-state index contributed by atoms with van der Waals surface area (Å²) in [5, 5.41) is 4.94. The van der Waals surface area contributed by atoms with Gasteiger partial charge in [-0.1, -0.05) is 126 Å². The van der Waals surface area contributed by atoms with Crippen LogP contribution in [0.3, 0.4) is 0 Å². The first-order chi connectivity index (χ1) is 26.5. The van der Waals surface area contributed by atoms with Crippen LogP contribution in [-0.2, 0) is 10.8 Å². The van der Waals surface area contributed by atoms with Crippen LogP contribution in [0.5, 0.6) is 0 Å². The molecule has 7 aromatic carbocycles. The zero-order valence-corrected chi connectivity index (χ0v) is 32.6. The molecule has 0 aliphatic carbocycles. The molecule has 2 aliphatic rings. The summed E-state index contributed by atoms with van der Waals surface area (Å²) < 4.78 is 9.48. The summed E-state index contributed by atoms with van der Waals surface area (Å²) in [7, 11) is 0.